The highest BCUT2D eigenvalue weighted by Crippen LogP contribution is 2.37. The van der Waals surface area contributed by atoms with E-state index in [-0.39, 0.29) is 12.9 Å². The number of benzene rings is 2. The fourth-order valence-corrected chi connectivity index (χ4v) is 4.10. The summed E-state index contributed by atoms with van der Waals surface area (Å²) < 4.78 is 7.62. The average molecular weight is 411 g/mol. The van der Waals surface area contributed by atoms with Crippen LogP contribution in [0.4, 0.5) is 5.69 Å². The Morgan fingerprint density at radius 1 is 1.16 bits per heavy atom. The van der Waals surface area contributed by atoms with Crippen LogP contribution >= 0.6 is 0 Å². The van der Waals surface area contributed by atoms with Crippen LogP contribution in [0.5, 0.6) is 5.75 Å². The first kappa shape index (κ1) is 20.2. The number of aldehydes is 1. The Kier molecular flexibility index (Phi) is 5.67. The number of fused-ring (bicyclic) bond motifs is 2. The smallest absolute Gasteiger partial charge is 0.288 e. The number of carbonyl (C=O) groups is 2. The first-order chi connectivity index (χ1) is 15.2. The SMILES string of the molecule is CCc1c(NC(=O)C=O)c2c(OCC#N)cccn2c1Cc1cccc2ccccc12. The number of nitrogens with one attached hydrogen (secondary N) is 1. The van der Waals surface area contributed by atoms with Gasteiger partial charge in [0.2, 0.25) is 6.29 Å². The Hall–Kier alpha value is -4.11. The number of carbonyl (C=O) groups excluding carboxylic acids is 2. The quantitative estimate of drug-likeness (QED) is 0.363. The molecule has 0 saturated carbocycles. The molecule has 2 aromatic heterocycles. The van der Waals surface area contributed by atoms with Crippen molar-refractivity contribution in [1.82, 2.24) is 4.40 Å². The Balaban J connectivity index is 1.95. The van der Waals surface area contributed by atoms with Crippen molar-refractivity contribution in [2.45, 2.75) is 19.8 Å². The molecule has 2 heterocycles. The zero-order valence-electron chi connectivity index (χ0n) is 17.1. The van der Waals surface area contributed by atoms with Crippen molar-refractivity contribution in [1.29, 1.82) is 5.26 Å². The number of anilines is 1. The molecule has 0 saturated heterocycles. The zero-order valence-corrected chi connectivity index (χ0v) is 17.1. The van der Waals surface area contributed by atoms with Gasteiger partial charge in [-0.25, -0.2) is 0 Å². The van der Waals surface area contributed by atoms with E-state index >= 15 is 0 Å². The summed E-state index contributed by atoms with van der Waals surface area (Å²) in [6, 6.07) is 20.0. The number of ether oxygens (including phenoxy) is 1. The maximum absolute atomic E-state index is 12.0. The number of amides is 1. The molecule has 4 aromatic rings. The number of pyridine rings is 1. The highest BCUT2D eigenvalue weighted by Gasteiger charge is 2.22. The minimum Gasteiger partial charge on any atom is -0.476 e. The normalized spacial score (nSPS) is 10.7. The second-order valence-electron chi connectivity index (χ2n) is 7.11. The van der Waals surface area contributed by atoms with Gasteiger partial charge in [0.15, 0.2) is 6.61 Å². The van der Waals surface area contributed by atoms with Gasteiger partial charge in [-0.05, 0) is 40.5 Å². The van der Waals surface area contributed by atoms with Gasteiger partial charge in [0, 0.05) is 18.3 Å². The second-order valence-corrected chi connectivity index (χ2v) is 7.11. The monoisotopic (exact) mass is 411 g/mol. The number of aromatic nitrogens is 1. The van der Waals surface area contributed by atoms with Crippen LogP contribution in [0.25, 0.3) is 16.3 Å². The van der Waals surface area contributed by atoms with E-state index in [1.54, 1.807) is 6.07 Å². The van der Waals surface area contributed by atoms with Crippen LogP contribution in [0, 0.1) is 11.3 Å². The van der Waals surface area contributed by atoms with Crippen molar-refractivity contribution in [3.63, 3.8) is 0 Å². The molecule has 0 aliphatic carbocycles. The van der Waals surface area contributed by atoms with Crippen LogP contribution in [0.3, 0.4) is 0 Å². The summed E-state index contributed by atoms with van der Waals surface area (Å²) in [6.07, 6.45) is 3.44. The molecule has 1 N–H and O–H groups in total. The molecule has 1 amide bonds. The van der Waals surface area contributed by atoms with Crippen LogP contribution in [0.15, 0.2) is 60.8 Å². The van der Waals surface area contributed by atoms with Crippen molar-refractivity contribution in [2.75, 3.05) is 11.9 Å². The number of hydrogen-bond donors (Lipinski definition) is 1. The highest BCUT2D eigenvalue weighted by molar-refractivity contribution is 6.30. The first-order valence-electron chi connectivity index (χ1n) is 10.0. The van der Waals surface area contributed by atoms with Crippen LogP contribution in [0.2, 0.25) is 0 Å². The molecule has 2 aromatic carbocycles. The fourth-order valence-electron chi connectivity index (χ4n) is 4.10. The summed E-state index contributed by atoms with van der Waals surface area (Å²) in [5.74, 6) is -0.252. The molecular weight excluding hydrogens is 390 g/mol. The van der Waals surface area contributed by atoms with E-state index in [9.17, 15) is 9.59 Å². The van der Waals surface area contributed by atoms with E-state index in [2.05, 4.69) is 29.6 Å². The van der Waals surface area contributed by atoms with E-state index in [4.69, 9.17) is 10.00 Å². The molecule has 6 nitrogen and oxygen atoms in total. The summed E-state index contributed by atoms with van der Waals surface area (Å²) >= 11 is 0. The molecule has 154 valence electrons. The van der Waals surface area contributed by atoms with Crippen molar-refractivity contribution < 1.29 is 14.3 Å². The lowest BCUT2D eigenvalue weighted by molar-refractivity contribution is -0.127. The zero-order chi connectivity index (χ0) is 21.8. The van der Waals surface area contributed by atoms with Gasteiger partial charge in [-0.3, -0.25) is 9.59 Å². The van der Waals surface area contributed by atoms with Crippen molar-refractivity contribution >= 4 is 34.2 Å². The molecule has 0 aliphatic rings. The molecule has 0 unspecified atom stereocenters. The van der Waals surface area contributed by atoms with Crippen molar-refractivity contribution in [2.24, 2.45) is 0 Å². The molecule has 0 fully saturated rings. The largest absolute Gasteiger partial charge is 0.476 e. The minimum atomic E-state index is -0.728. The van der Waals surface area contributed by atoms with Crippen LogP contribution in [-0.2, 0) is 22.4 Å². The maximum atomic E-state index is 12.0. The van der Waals surface area contributed by atoms with E-state index in [1.165, 1.54) is 0 Å². The molecule has 6 heteroatoms. The van der Waals surface area contributed by atoms with Gasteiger partial charge in [0.25, 0.3) is 5.91 Å². The lowest BCUT2D eigenvalue weighted by Crippen LogP contribution is -2.13. The van der Waals surface area contributed by atoms with Crippen molar-refractivity contribution in [3.8, 4) is 11.8 Å². The third-order valence-electron chi connectivity index (χ3n) is 5.37. The summed E-state index contributed by atoms with van der Waals surface area (Å²) in [4.78, 5) is 23.0. The van der Waals surface area contributed by atoms with Gasteiger partial charge < -0.3 is 14.5 Å². The van der Waals surface area contributed by atoms with Gasteiger partial charge in [-0.15, -0.1) is 0 Å². The third kappa shape index (κ3) is 3.74. The maximum Gasteiger partial charge on any atom is 0.288 e. The molecule has 4 rings (SSSR count). The Bertz CT molecular complexity index is 1330. The summed E-state index contributed by atoms with van der Waals surface area (Å²) in [6.45, 7) is 1.89. The van der Waals surface area contributed by atoms with Gasteiger partial charge in [0.05, 0.1) is 5.69 Å². The Labute approximate surface area is 179 Å². The summed E-state index contributed by atoms with van der Waals surface area (Å²) in [5.41, 5.74) is 4.26. The van der Waals surface area contributed by atoms with E-state index in [0.29, 0.717) is 29.8 Å². The minimum absolute atomic E-state index is 0.119. The lowest BCUT2D eigenvalue weighted by atomic mass is 9.98. The molecule has 0 radical (unpaired) electrons. The predicted octanol–water partition coefficient (Wildman–Crippen LogP) is 4.29. The van der Waals surface area contributed by atoms with Gasteiger partial charge in [-0.1, -0.05) is 49.4 Å². The lowest BCUT2D eigenvalue weighted by Gasteiger charge is -2.10. The Morgan fingerprint density at radius 3 is 2.74 bits per heavy atom. The average Bonchev–Trinajstić information content (AvgIpc) is 3.10. The van der Waals surface area contributed by atoms with Crippen LogP contribution in [0.1, 0.15) is 23.7 Å². The Morgan fingerprint density at radius 2 is 1.97 bits per heavy atom. The molecule has 31 heavy (non-hydrogen) atoms. The third-order valence-corrected chi connectivity index (χ3v) is 5.37. The molecule has 0 atom stereocenters. The van der Waals surface area contributed by atoms with E-state index in [0.717, 1.165) is 27.6 Å². The number of nitrogens with zero attached hydrogens (tertiary/aromatic N) is 2. The number of nitriles is 1. The highest BCUT2D eigenvalue weighted by atomic mass is 16.5. The van der Waals surface area contributed by atoms with Gasteiger partial charge in [-0.2, -0.15) is 5.26 Å². The molecular formula is C25H21N3O3. The fraction of sp³-hybridized carbons (Fsp3) is 0.160. The summed E-state index contributed by atoms with van der Waals surface area (Å²) in [7, 11) is 0. The number of hydrogen-bond acceptors (Lipinski definition) is 4. The molecule has 0 aliphatic heterocycles. The van der Waals surface area contributed by atoms with Crippen LogP contribution < -0.4 is 10.1 Å². The second kappa shape index (κ2) is 8.72. The van der Waals surface area contributed by atoms with E-state index < -0.39 is 5.91 Å². The van der Waals surface area contributed by atoms with E-state index in [1.807, 2.05) is 47.9 Å². The van der Waals surface area contributed by atoms with Gasteiger partial charge >= 0.3 is 0 Å². The molecule has 0 spiro atoms. The summed E-state index contributed by atoms with van der Waals surface area (Å²) in [5, 5.41) is 14.0. The predicted molar refractivity (Wildman–Crippen MR) is 119 cm³/mol. The van der Waals surface area contributed by atoms with Crippen molar-refractivity contribution in [3.05, 3.63) is 77.6 Å². The van der Waals surface area contributed by atoms with Crippen LogP contribution in [-0.4, -0.2) is 23.2 Å². The van der Waals surface area contributed by atoms with Gasteiger partial charge in [0.1, 0.15) is 17.3 Å². The standard InChI is InChI=1S/C25H21N3O3/c1-2-19-21(15-18-9-5-8-17-7-3-4-10-20(17)18)28-13-6-11-22(31-14-12-26)25(28)24(19)27-23(30)16-29/h3-11,13,16H,2,14-15H2,1H3,(H,27,30). The first-order valence-corrected chi connectivity index (χ1v) is 10.0. The molecule has 0 bridgehead atoms. The topological polar surface area (TPSA) is 83.6 Å². The number of rotatable bonds is 7.